The minimum atomic E-state index is -4.88. The van der Waals surface area contributed by atoms with Crippen molar-refractivity contribution >= 4 is 17.5 Å². The van der Waals surface area contributed by atoms with Crippen molar-refractivity contribution in [3.8, 4) is 0 Å². The molecule has 1 atom stereocenters. The molecule has 1 saturated heterocycles. The van der Waals surface area contributed by atoms with Crippen LogP contribution in [0.3, 0.4) is 0 Å². The Morgan fingerprint density at radius 3 is 2.24 bits per heavy atom. The van der Waals surface area contributed by atoms with Gasteiger partial charge in [0.25, 0.3) is 0 Å². The monoisotopic (exact) mass is 486 g/mol. The smallest absolute Gasteiger partial charge is 0.369 e. The summed E-state index contributed by atoms with van der Waals surface area (Å²) in [6.07, 6.45) is -9.73. The van der Waals surface area contributed by atoms with E-state index in [-0.39, 0.29) is 18.3 Å². The first-order valence-corrected chi connectivity index (χ1v) is 10.2. The Hall–Kier alpha value is -3.51. The van der Waals surface area contributed by atoms with Gasteiger partial charge in [-0.1, -0.05) is 37.3 Å². The largest absolute Gasteiger partial charge is 0.435 e. The fourth-order valence-corrected chi connectivity index (χ4v) is 4.02. The molecule has 1 aromatic carbocycles. The minimum Gasteiger partial charge on any atom is -0.369 e. The third-order valence-electron chi connectivity index (χ3n) is 6.17. The molecule has 0 spiro atoms. The summed E-state index contributed by atoms with van der Waals surface area (Å²) < 4.78 is 80.4. The molecule has 0 unspecified atom stereocenters. The van der Waals surface area contributed by atoms with Crippen LogP contribution in [0.25, 0.3) is 5.65 Å². The van der Waals surface area contributed by atoms with E-state index >= 15 is 0 Å². The lowest BCUT2D eigenvalue weighted by molar-refractivity contribution is -0.142. The number of rotatable bonds is 5. The van der Waals surface area contributed by atoms with Gasteiger partial charge in [0.1, 0.15) is 5.82 Å². The van der Waals surface area contributed by atoms with Crippen molar-refractivity contribution in [3.63, 3.8) is 0 Å². The fraction of sp³-hybridized carbons (Fsp3) is 0.381. The Labute approximate surface area is 189 Å². The van der Waals surface area contributed by atoms with Crippen LogP contribution in [0.15, 0.2) is 42.5 Å². The summed E-state index contributed by atoms with van der Waals surface area (Å²) in [6.45, 7) is 2.58. The normalized spacial score (nSPS) is 16.9. The number of nitrogens with two attached hydrogens (primary N) is 1. The first-order chi connectivity index (χ1) is 15.8. The second-order valence-electron chi connectivity index (χ2n) is 8.40. The molecule has 1 aliphatic rings. The van der Waals surface area contributed by atoms with Crippen LogP contribution in [0.2, 0.25) is 0 Å². The number of nitrogens with one attached hydrogen (secondary N) is 1. The lowest BCUT2D eigenvalue weighted by atomic mass is 9.68. The van der Waals surface area contributed by atoms with E-state index in [9.17, 15) is 31.1 Å². The molecule has 1 aliphatic heterocycles. The lowest BCUT2D eigenvalue weighted by Crippen LogP contribution is -2.60. The van der Waals surface area contributed by atoms with Crippen LogP contribution in [0.5, 0.6) is 0 Å². The van der Waals surface area contributed by atoms with Crippen molar-refractivity contribution in [1.29, 1.82) is 0 Å². The number of carbonyl (C=O) groups is 1. The van der Waals surface area contributed by atoms with Crippen LogP contribution in [0.1, 0.15) is 23.9 Å². The summed E-state index contributed by atoms with van der Waals surface area (Å²) in [7, 11) is 0. The van der Waals surface area contributed by atoms with Gasteiger partial charge in [0, 0.05) is 43.1 Å². The summed E-state index contributed by atoms with van der Waals surface area (Å²) in [5.74, 6) is -0.390. The number of aromatic nitrogens is 3. The van der Waals surface area contributed by atoms with E-state index in [1.54, 1.807) is 18.2 Å². The van der Waals surface area contributed by atoms with Crippen LogP contribution < -0.4 is 11.1 Å². The number of primary amides is 1. The maximum atomic E-state index is 13.4. The number of hydrogen-bond acceptors (Lipinski definition) is 4. The van der Waals surface area contributed by atoms with Gasteiger partial charge in [-0.2, -0.15) is 36.0 Å². The Morgan fingerprint density at radius 2 is 1.68 bits per heavy atom. The zero-order valence-corrected chi connectivity index (χ0v) is 17.8. The zero-order valence-electron chi connectivity index (χ0n) is 17.8. The second-order valence-corrected chi connectivity index (χ2v) is 8.40. The molecular weight excluding hydrogens is 466 g/mol. The van der Waals surface area contributed by atoms with Gasteiger partial charge in [0.05, 0.1) is 0 Å². The first-order valence-electron chi connectivity index (χ1n) is 10.2. The Bertz CT molecular complexity index is 1200. The van der Waals surface area contributed by atoms with E-state index in [1.165, 1.54) is 4.90 Å². The molecule has 3 heterocycles. The lowest BCUT2D eigenvalue weighted by Gasteiger charge is -2.49. The minimum absolute atomic E-state index is 0.0475. The first kappa shape index (κ1) is 23.6. The van der Waals surface area contributed by atoms with Crippen LogP contribution in [-0.2, 0) is 17.8 Å². The van der Waals surface area contributed by atoms with Crippen LogP contribution in [0.4, 0.5) is 37.0 Å². The maximum absolute atomic E-state index is 13.4. The molecule has 13 heteroatoms. The van der Waals surface area contributed by atoms with E-state index < -0.39 is 40.8 Å². The number of likely N-dealkylation sites (tertiary alicyclic amines) is 1. The highest BCUT2D eigenvalue weighted by atomic mass is 19.4. The van der Waals surface area contributed by atoms with Gasteiger partial charge >= 0.3 is 18.4 Å². The maximum Gasteiger partial charge on any atom is 0.435 e. The molecule has 182 valence electrons. The van der Waals surface area contributed by atoms with E-state index in [2.05, 4.69) is 15.4 Å². The molecule has 3 aromatic rings. The van der Waals surface area contributed by atoms with Crippen LogP contribution in [-0.4, -0.2) is 45.2 Å². The SMILES string of the molecule is C[C@](CNc1cc(C(F)(F)F)nc2cc(C(F)(F)F)nn12)(c1ccccc1)C1CN(C(N)=O)C1. The number of nitrogens with zero attached hydrogens (tertiary/aromatic N) is 4. The molecule has 0 radical (unpaired) electrons. The zero-order chi connectivity index (χ0) is 24.9. The molecule has 2 aromatic heterocycles. The van der Waals surface area contributed by atoms with Crippen molar-refractivity contribution in [2.45, 2.75) is 24.7 Å². The van der Waals surface area contributed by atoms with E-state index in [0.717, 1.165) is 5.56 Å². The number of benzene rings is 1. The van der Waals surface area contributed by atoms with Gasteiger partial charge < -0.3 is 16.0 Å². The molecule has 3 N–H and O–H groups in total. The number of carbonyl (C=O) groups excluding carboxylic acids is 1. The highest BCUT2D eigenvalue weighted by Crippen LogP contribution is 2.39. The van der Waals surface area contributed by atoms with Crippen molar-refractivity contribution in [1.82, 2.24) is 19.5 Å². The number of fused-ring (bicyclic) bond motifs is 1. The molecule has 0 aliphatic carbocycles. The van der Waals surface area contributed by atoms with Crippen LogP contribution >= 0.6 is 0 Å². The number of amides is 2. The summed E-state index contributed by atoms with van der Waals surface area (Å²) in [5.41, 5.74) is 2.18. The average Bonchev–Trinajstić information content (AvgIpc) is 3.15. The molecule has 2 amide bonds. The number of halogens is 6. The second kappa shape index (κ2) is 8.06. The number of anilines is 1. The summed E-state index contributed by atoms with van der Waals surface area (Å²) in [4.78, 5) is 16.2. The Morgan fingerprint density at radius 1 is 1.06 bits per heavy atom. The summed E-state index contributed by atoms with van der Waals surface area (Å²) in [5, 5.41) is 6.28. The number of urea groups is 1. The van der Waals surface area contributed by atoms with E-state index in [4.69, 9.17) is 5.73 Å². The van der Waals surface area contributed by atoms with Crippen molar-refractivity contribution < 1.29 is 31.1 Å². The van der Waals surface area contributed by atoms with Crippen molar-refractivity contribution in [2.24, 2.45) is 11.7 Å². The number of alkyl halides is 6. The topological polar surface area (TPSA) is 88.6 Å². The standard InChI is InChI=1S/C21H20F6N6O/c1-19(12-5-3-2-4-6-12,13-9-32(10-13)18(28)34)11-29-16-7-14(20(22,23)24)30-17-8-15(21(25,26)27)31-33(16)17/h2-8,13,29H,9-11H2,1H3,(H2,28,34)/t19-/m0/s1. The third kappa shape index (κ3) is 4.33. The third-order valence-corrected chi connectivity index (χ3v) is 6.17. The van der Waals surface area contributed by atoms with Gasteiger partial charge in [-0.15, -0.1) is 0 Å². The van der Waals surface area contributed by atoms with Gasteiger partial charge in [-0.3, -0.25) is 0 Å². The van der Waals surface area contributed by atoms with Gasteiger partial charge in [0.2, 0.25) is 0 Å². The quantitative estimate of drug-likeness (QED) is 0.531. The predicted molar refractivity (Wildman–Crippen MR) is 110 cm³/mol. The average molecular weight is 486 g/mol. The molecular formula is C21H20F6N6O. The van der Waals surface area contributed by atoms with Gasteiger partial charge in [-0.25, -0.2) is 9.78 Å². The van der Waals surface area contributed by atoms with Crippen molar-refractivity contribution in [3.05, 3.63) is 59.4 Å². The Kier molecular flexibility index (Phi) is 5.61. The molecule has 0 bridgehead atoms. The molecule has 34 heavy (non-hydrogen) atoms. The fourth-order valence-electron chi connectivity index (χ4n) is 4.02. The van der Waals surface area contributed by atoms with Crippen LogP contribution in [0, 0.1) is 5.92 Å². The van der Waals surface area contributed by atoms with Gasteiger partial charge in [0.15, 0.2) is 17.0 Å². The molecule has 7 nitrogen and oxygen atoms in total. The van der Waals surface area contributed by atoms with E-state index in [1.807, 2.05) is 19.1 Å². The summed E-state index contributed by atoms with van der Waals surface area (Å²) >= 11 is 0. The van der Waals surface area contributed by atoms with E-state index in [0.29, 0.717) is 29.7 Å². The highest BCUT2D eigenvalue weighted by molar-refractivity contribution is 5.73. The Balaban J connectivity index is 1.72. The van der Waals surface area contributed by atoms with Gasteiger partial charge in [-0.05, 0) is 5.56 Å². The molecule has 0 saturated carbocycles. The molecule has 4 rings (SSSR count). The molecule has 1 fully saturated rings. The summed E-state index contributed by atoms with van der Waals surface area (Å²) in [6, 6.07) is 9.59. The van der Waals surface area contributed by atoms with Crippen molar-refractivity contribution in [2.75, 3.05) is 25.0 Å². The number of hydrogen-bond donors (Lipinski definition) is 2. The predicted octanol–water partition coefficient (Wildman–Crippen LogP) is 4.15. The highest BCUT2D eigenvalue weighted by Gasteiger charge is 2.44.